The molecule has 2 rings (SSSR count). The smallest absolute Gasteiger partial charge is 0.137 e. The zero-order valence-corrected chi connectivity index (χ0v) is 14.4. The molecule has 2 unspecified atom stereocenters. The maximum absolute atomic E-state index is 5.46. The Hall–Kier alpha value is -0.100. The van der Waals surface area contributed by atoms with E-state index in [0.717, 1.165) is 46.4 Å². The number of ether oxygens (including phenoxy) is 2. The van der Waals surface area contributed by atoms with E-state index in [1.807, 2.05) is 6.07 Å². The molecule has 0 spiro atoms. The fourth-order valence-corrected chi connectivity index (χ4v) is 3.83. The number of hydrogen-bond acceptors (Lipinski definition) is 3. The molecule has 1 aliphatic heterocycles. The van der Waals surface area contributed by atoms with Gasteiger partial charge < -0.3 is 14.8 Å². The fourth-order valence-electron chi connectivity index (χ4n) is 2.36. The van der Waals surface area contributed by atoms with Crippen molar-refractivity contribution in [3.63, 3.8) is 0 Å². The largest absolute Gasteiger partial charge is 0.495 e. The maximum atomic E-state index is 5.46. The van der Waals surface area contributed by atoms with E-state index in [9.17, 15) is 0 Å². The summed E-state index contributed by atoms with van der Waals surface area (Å²) in [5, 5.41) is 3.57. The van der Waals surface area contributed by atoms with Gasteiger partial charge in [0, 0.05) is 29.2 Å². The third-order valence-corrected chi connectivity index (χ3v) is 4.62. The molecule has 0 radical (unpaired) electrons. The lowest BCUT2D eigenvalue weighted by atomic mass is 10.0. The number of nitrogens with one attached hydrogen (secondary N) is 1. The number of hydrogen-bond donors (Lipinski definition) is 1. The van der Waals surface area contributed by atoms with Gasteiger partial charge in [0.25, 0.3) is 0 Å². The highest BCUT2D eigenvalue weighted by molar-refractivity contribution is 9.11. The maximum Gasteiger partial charge on any atom is 0.137 e. The summed E-state index contributed by atoms with van der Waals surface area (Å²) < 4.78 is 12.9. The van der Waals surface area contributed by atoms with Gasteiger partial charge in [0.1, 0.15) is 5.75 Å². The summed E-state index contributed by atoms with van der Waals surface area (Å²) in [4.78, 5) is 0. The molecule has 19 heavy (non-hydrogen) atoms. The van der Waals surface area contributed by atoms with Gasteiger partial charge in [-0.1, -0.05) is 15.9 Å². The first-order chi connectivity index (χ1) is 9.11. The van der Waals surface area contributed by atoms with E-state index in [1.54, 1.807) is 7.11 Å². The fraction of sp³-hybridized carbons (Fsp3) is 0.571. The minimum absolute atomic E-state index is 0.449. The van der Waals surface area contributed by atoms with E-state index in [4.69, 9.17) is 9.47 Å². The summed E-state index contributed by atoms with van der Waals surface area (Å²) >= 11 is 7.04. The monoisotopic (exact) mass is 391 g/mol. The molecule has 0 aliphatic carbocycles. The summed E-state index contributed by atoms with van der Waals surface area (Å²) in [6.07, 6.45) is 1.15. The average molecular weight is 393 g/mol. The van der Waals surface area contributed by atoms with E-state index >= 15 is 0 Å². The van der Waals surface area contributed by atoms with Crippen molar-refractivity contribution in [1.29, 1.82) is 0 Å². The van der Waals surface area contributed by atoms with Gasteiger partial charge in [-0.3, -0.25) is 0 Å². The first-order valence-electron chi connectivity index (χ1n) is 6.45. The molecular weight excluding hydrogens is 374 g/mol. The predicted octanol–water partition coefficient (Wildman–Crippen LogP) is 3.73. The Kier molecular flexibility index (Phi) is 5.69. The normalized spacial score (nSPS) is 20.5. The van der Waals surface area contributed by atoms with Gasteiger partial charge >= 0.3 is 0 Å². The van der Waals surface area contributed by atoms with Crippen LogP contribution in [0.25, 0.3) is 0 Å². The second-order valence-electron chi connectivity index (χ2n) is 4.87. The highest BCUT2D eigenvalue weighted by Crippen LogP contribution is 2.32. The van der Waals surface area contributed by atoms with E-state index in [0.29, 0.717) is 12.0 Å². The van der Waals surface area contributed by atoms with Gasteiger partial charge in [-0.25, -0.2) is 0 Å². The molecule has 0 saturated carbocycles. The van der Waals surface area contributed by atoms with Crippen LogP contribution >= 0.6 is 31.9 Å². The van der Waals surface area contributed by atoms with Crippen molar-refractivity contribution in [1.82, 2.24) is 5.32 Å². The van der Waals surface area contributed by atoms with Crippen molar-refractivity contribution in [3.05, 3.63) is 26.6 Å². The summed E-state index contributed by atoms with van der Waals surface area (Å²) in [6.45, 7) is 4.77. The molecule has 1 aromatic rings. The van der Waals surface area contributed by atoms with Gasteiger partial charge in [0.15, 0.2) is 0 Å². The molecule has 2 atom stereocenters. The Bertz CT molecular complexity index is 434. The summed E-state index contributed by atoms with van der Waals surface area (Å²) in [6, 6.07) is 4.54. The van der Waals surface area contributed by atoms with Crippen LogP contribution in [0, 0.1) is 5.92 Å². The molecule has 0 aromatic heterocycles. The van der Waals surface area contributed by atoms with Crippen molar-refractivity contribution < 1.29 is 9.47 Å². The topological polar surface area (TPSA) is 30.5 Å². The molecule has 1 fully saturated rings. The number of halogens is 2. The van der Waals surface area contributed by atoms with Crippen molar-refractivity contribution in [2.24, 2.45) is 5.92 Å². The molecule has 106 valence electrons. The molecule has 0 amide bonds. The highest BCUT2D eigenvalue weighted by atomic mass is 79.9. The van der Waals surface area contributed by atoms with Crippen molar-refractivity contribution in [2.45, 2.75) is 25.9 Å². The molecule has 5 heteroatoms. The Morgan fingerprint density at radius 2 is 2.26 bits per heavy atom. The minimum Gasteiger partial charge on any atom is -0.495 e. The van der Waals surface area contributed by atoms with Crippen molar-refractivity contribution >= 4 is 31.9 Å². The number of rotatable bonds is 5. The Morgan fingerprint density at radius 3 is 2.89 bits per heavy atom. The third kappa shape index (κ3) is 3.94. The Labute approximate surface area is 131 Å². The van der Waals surface area contributed by atoms with E-state index in [2.05, 4.69) is 50.2 Å². The SMILES string of the molecule is COc1c(Br)cc(Br)cc1CNC(C)C1CCOC1. The Morgan fingerprint density at radius 1 is 1.47 bits per heavy atom. The van der Waals surface area contributed by atoms with Crippen molar-refractivity contribution in [3.8, 4) is 5.75 Å². The number of methoxy groups -OCH3 is 1. The van der Waals surface area contributed by atoms with Crippen LogP contribution in [-0.4, -0.2) is 26.4 Å². The quantitative estimate of drug-likeness (QED) is 0.827. The predicted molar refractivity (Wildman–Crippen MR) is 83.6 cm³/mol. The van der Waals surface area contributed by atoms with Crippen LogP contribution in [0.1, 0.15) is 18.9 Å². The van der Waals surface area contributed by atoms with Crippen molar-refractivity contribution in [2.75, 3.05) is 20.3 Å². The molecule has 1 heterocycles. The number of benzene rings is 1. The van der Waals surface area contributed by atoms with Crippen LogP contribution in [0.5, 0.6) is 5.75 Å². The molecule has 0 bridgehead atoms. The first-order valence-corrected chi connectivity index (χ1v) is 8.03. The van der Waals surface area contributed by atoms with Crippen LogP contribution in [0.3, 0.4) is 0 Å². The molecule has 3 nitrogen and oxygen atoms in total. The first kappa shape index (κ1) is 15.3. The van der Waals surface area contributed by atoms with Gasteiger partial charge in [0.2, 0.25) is 0 Å². The molecule has 1 aromatic carbocycles. The molecular formula is C14H19Br2NO2. The molecule has 1 N–H and O–H groups in total. The highest BCUT2D eigenvalue weighted by Gasteiger charge is 2.22. The van der Waals surface area contributed by atoms with Crippen LogP contribution in [-0.2, 0) is 11.3 Å². The van der Waals surface area contributed by atoms with Gasteiger partial charge in [0.05, 0.1) is 18.2 Å². The van der Waals surface area contributed by atoms with Gasteiger partial charge in [-0.15, -0.1) is 0 Å². The summed E-state index contributed by atoms with van der Waals surface area (Å²) in [5.41, 5.74) is 1.15. The lowest BCUT2D eigenvalue weighted by Crippen LogP contribution is -2.33. The second-order valence-corrected chi connectivity index (χ2v) is 6.64. The average Bonchev–Trinajstić information content (AvgIpc) is 2.89. The van der Waals surface area contributed by atoms with Gasteiger partial charge in [-0.05, 0) is 47.3 Å². The van der Waals surface area contributed by atoms with E-state index in [1.165, 1.54) is 0 Å². The van der Waals surface area contributed by atoms with Crippen LogP contribution in [0.15, 0.2) is 21.1 Å². The third-order valence-electron chi connectivity index (χ3n) is 3.58. The van der Waals surface area contributed by atoms with E-state index in [-0.39, 0.29) is 0 Å². The van der Waals surface area contributed by atoms with Crippen LogP contribution in [0.4, 0.5) is 0 Å². The van der Waals surface area contributed by atoms with Crippen LogP contribution < -0.4 is 10.1 Å². The van der Waals surface area contributed by atoms with Gasteiger partial charge in [-0.2, -0.15) is 0 Å². The Balaban J connectivity index is 2.02. The van der Waals surface area contributed by atoms with E-state index < -0.39 is 0 Å². The summed E-state index contributed by atoms with van der Waals surface area (Å²) in [5.74, 6) is 1.51. The minimum atomic E-state index is 0.449. The standard InChI is InChI=1S/C14H19Br2NO2/c1-9(10-3-4-19-8-10)17-7-11-5-12(15)6-13(16)14(11)18-2/h5-6,9-10,17H,3-4,7-8H2,1-2H3. The second kappa shape index (κ2) is 7.07. The summed E-state index contributed by atoms with van der Waals surface area (Å²) in [7, 11) is 1.70. The zero-order chi connectivity index (χ0) is 13.8. The lowest BCUT2D eigenvalue weighted by Gasteiger charge is -2.20. The van der Waals surface area contributed by atoms with Crippen LogP contribution in [0.2, 0.25) is 0 Å². The lowest BCUT2D eigenvalue weighted by molar-refractivity contribution is 0.178. The molecule has 1 saturated heterocycles. The zero-order valence-electron chi connectivity index (χ0n) is 11.2. The molecule has 1 aliphatic rings.